The summed E-state index contributed by atoms with van der Waals surface area (Å²) >= 11 is 0. The molecule has 1 saturated heterocycles. The average molecular weight is 242 g/mol. The van der Waals surface area contributed by atoms with Crippen LogP contribution in [0.15, 0.2) is 0 Å². The van der Waals surface area contributed by atoms with Crippen molar-refractivity contribution in [1.82, 2.24) is 9.80 Å². The van der Waals surface area contributed by atoms with Crippen molar-refractivity contribution in [1.29, 1.82) is 0 Å². The van der Waals surface area contributed by atoms with Gasteiger partial charge in [0.1, 0.15) is 5.54 Å². The smallest absolute Gasteiger partial charge is 0.238 e. The third-order valence-electron chi connectivity index (χ3n) is 3.44. The number of piperazine rings is 1. The van der Waals surface area contributed by atoms with Crippen molar-refractivity contribution in [3.05, 3.63) is 0 Å². The van der Waals surface area contributed by atoms with Crippen LogP contribution in [0.4, 0.5) is 0 Å². The summed E-state index contributed by atoms with van der Waals surface area (Å²) in [5.74, 6) is -0.434. The first-order chi connectivity index (χ1) is 7.63. The number of hydrogen-bond donors (Lipinski definition) is 2. The molecule has 5 heteroatoms. The first kappa shape index (κ1) is 14.4. The Morgan fingerprint density at radius 1 is 1.12 bits per heavy atom. The molecule has 1 aliphatic heterocycles. The molecule has 0 aromatic heterocycles. The van der Waals surface area contributed by atoms with Gasteiger partial charge in [0, 0.05) is 38.3 Å². The van der Waals surface area contributed by atoms with Crippen LogP contribution in [-0.4, -0.2) is 59.5 Å². The van der Waals surface area contributed by atoms with Gasteiger partial charge in [-0.15, -0.1) is 0 Å². The second kappa shape index (κ2) is 4.92. The highest BCUT2D eigenvalue weighted by molar-refractivity contribution is 5.84. The van der Waals surface area contributed by atoms with Crippen LogP contribution < -0.4 is 11.5 Å². The predicted octanol–water partition coefficient (Wildman–Crippen LogP) is -0.395. The number of rotatable bonds is 3. The van der Waals surface area contributed by atoms with Crippen LogP contribution in [0.3, 0.4) is 0 Å². The van der Waals surface area contributed by atoms with Crippen molar-refractivity contribution in [2.75, 3.05) is 32.7 Å². The fourth-order valence-electron chi connectivity index (χ4n) is 2.12. The maximum Gasteiger partial charge on any atom is 0.238 e. The summed E-state index contributed by atoms with van der Waals surface area (Å²) in [6.45, 7) is 12.8. The van der Waals surface area contributed by atoms with Crippen molar-refractivity contribution in [3.63, 3.8) is 0 Å². The van der Waals surface area contributed by atoms with Gasteiger partial charge >= 0.3 is 0 Å². The van der Waals surface area contributed by atoms with Gasteiger partial charge in [0.15, 0.2) is 0 Å². The van der Waals surface area contributed by atoms with E-state index in [1.54, 1.807) is 6.92 Å². The largest absolute Gasteiger partial charge is 0.368 e. The van der Waals surface area contributed by atoms with Gasteiger partial charge in [-0.1, -0.05) is 0 Å². The van der Waals surface area contributed by atoms with E-state index >= 15 is 0 Å². The molecule has 4 N–H and O–H groups in total. The van der Waals surface area contributed by atoms with E-state index in [4.69, 9.17) is 11.5 Å². The third kappa shape index (κ3) is 3.94. The molecule has 100 valence electrons. The molecule has 1 amide bonds. The van der Waals surface area contributed by atoms with Crippen LogP contribution in [-0.2, 0) is 4.79 Å². The van der Waals surface area contributed by atoms with Crippen molar-refractivity contribution in [2.24, 2.45) is 11.5 Å². The summed E-state index contributed by atoms with van der Waals surface area (Å²) in [4.78, 5) is 15.8. The molecule has 0 saturated carbocycles. The number of carbonyl (C=O) groups excluding carboxylic acids is 1. The second-order valence-electron chi connectivity index (χ2n) is 6.22. The Bertz CT molecular complexity index is 275. The van der Waals surface area contributed by atoms with Gasteiger partial charge in [-0.25, -0.2) is 0 Å². The quantitative estimate of drug-likeness (QED) is 0.706. The Kier molecular flexibility index (Phi) is 4.17. The molecule has 1 unspecified atom stereocenters. The highest BCUT2D eigenvalue weighted by Crippen LogP contribution is 2.16. The van der Waals surface area contributed by atoms with Crippen molar-refractivity contribution >= 4 is 5.91 Å². The normalized spacial score (nSPS) is 23.4. The number of carbonyl (C=O) groups is 1. The Morgan fingerprint density at radius 2 is 1.59 bits per heavy atom. The van der Waals surface area contributed by atoms with Crippen molar-refractivity contribution in [2.45, 2.75) is 38.8 Å². The summed E-state index contributed by atoms with van der Waals surface area (Å²) in [6.07, 6.45) is 0. The summed E-state index contributed by atoms with van der Waals surface area (Å²) in [5, 5.41) is 0. The minimum Gasteiger partial charge on any atom is -0.368 e. The molecule has 0 radical (unpaired) electrons. The maximum atomic E-state index is 11.2. The topological polar surface area (TPSA) is 75.6 Å². The highest BCUT2D eigenvalue weighted by Gasteiger charge is 2.32. The number of amides is 1. The van der Waals surface area contributed by atoms with Gasteiger partial charge in [-0.2, -0.15) is 0 Å². The van der Waals surface area contributed by atoms with E-state index in [1.807, 2.05) is 0 Å². The van der Waals surface area contributed by atoms with E-state index in [-0.39, 0.29) is 5.54 Å². The number of nitrogens with zero attached hydrogens (tertiary/aromatic N) is 2. The molecule has 1 atom stereocenters. The fraction of sp³-hybridized carbons (Fsp3) is 0.917. The third-order valence-corrected chi connectivity index (χ3v) is 3.44. The molecule has 0 spiro atoms. The van der Waals surface area contributed by atoms with Crippen LogP contribution in [0.25, 0.3) is 0 Å². The zero-order valence-electron chi connectivity index (χ0n) is 11.5. The number of primary amides is 1. The first-order valence-corrected chi connectivity index (χ1v) is 6.19. The lowest BCUT2D eigenvalue weighted by Crippen LogP contribution is -2.61. The van der Waals surface area contributed by atoms with Crippen LogP contribution in [0.1, 0.15) is 27.7 Å². The molecule has 1 heterocycles. The van der Waals surface area contributed by atoms with Crippen LogP contribution in [0, 0.1) is 0 Å². The zero-order valence-corrected chi connectivity index (χ0v) is 11.5. The Labute approximate surface area is 104 Å². The summed E-state index contributed by atoms with van der Waals surface area (Å²) in [6, 6.07) is 0. The van der Waals surface area contributed by atoms with Gasteiger partial charge in [0.05, 0.1) is 0 Å². The molecule has 0 bridgehead atoms. The summed E-state index contributed by atoms with van der Waals surface area (Å²) < 4.78 is 0. The number of hydrogen-bond acceptors (Lipinski definition) is 4. The minimum absolute atomic E-state index is 0.210. The molecule has 0 aliphatic carbocycles. The van der Waals surface area contributed by atoms with E-state index in [1.165, 1.54) is 0 Å². The van der Waals surface area contributed by atoms with Crippen LogP contribution >= 0.6 is 0 Å². The second-order valence-corrected chi connectivity index (χ2v) is 6.22. The zero-order chi connectivity index (χ0) is 13.3. The predicted molar refractivity (Wildman–Crippen MR) is 69.6 cm³/mol. The maximum absolute atomic E-state index is 11.2. The molecule has 1 fully saturated rings. The van der Waals surface area contributed by atoms with Gasteiger partial charge in [0.25, 0.3) is 0 Å². The molecule has 0 aromatic carbocycles. The van der Waals surface area contributed by atoms with E-state index in [0.29, 0.717) is 6.54 Å². The number of nitrogens with two attached hydrogens (primary N) is 2. The molecule has 0 aromatic rings. The molecular formula is C12H26N4O. The van der Waals surface area contributed by atoms with E-state index in [0.717, 1.165) is 26.2 Å². The van der Waals surface area contributed by atoms with Gasteiger partial charge in [-0.05, 0) is 27.7 Å². The van der Waals surface area contributed by atoms with Crippen LogP contribution in [0.2, 0.25) is 0 Å². The molecule has 1 rings (SSSR count). The molecule has 5 nitrogen and oxygen atoms in total. The van der Waals surface area contributed by atoms with E-state index < -0.39 is 11.4 Å². The van der Waals surface area contributed by atoms with Gasteiger partial charge in [-0.3, -0.25) is 14.6 Å². The molecule has 1 aliphatic rings. The summed E-state index contributed by atoms with van der Waals surface area (Å²) in [5.41, 5.74) is 10.4. The lowest BCUT2D eigenvalue weighted by atomic mass is 10.0. The Balaban J connectivity index is 2.46. The average Bonchev–Trinajstić information content (AvgIpc) is 2.16. The Hall–Kier alpha value is -0.650. The van der Waals surface area contributed by atoms with Crippen molar-refractivity contribution < 1.29 is 4.79 Å². The van der Waals surface area contributed by atoms with E-state index in [2.05, 4.69) is 30.6 Å². The minimum atomic E-state index is -0.927. The summed E-state index contributed by atoms with van der Waals surface area (Å²) in [7, 11) is 0. The Morgan fingerprint density at radius 3 is 1.94 bits per heavy atom. The van der Waals surface area contributed by atoms with Crippen LogP contribution in [0.5, 0.6) is 0 Å². The van der Waals surface area contributed by atoms with Crippen molar-refractivity contribution in [3.8, 4) is 0 Å². The highest BCUT2D eigenvalue weighted by atomic mass is 16.1. The van der Waals surface area contributed by atoms with Gasteiger partial charge < -0.3 is 11.5 Å². The lowest BCUT2D eigenvalue weighted by Gasteiger charge is -2.43. The van der Waals surface area contributed by atoms with Gasteiger partial charge in [0.2, 0.25) is 5.91 Å². The fourth-order valence-corrected chi connectivity index (χ4v) is 2.12. The first-order valence-electron chi connectivity index (χ1n) is 6.19. The lowest BCUT2D eigenvalue weighted by molar-refractivity contribution is -0.123. The molecule has 17 heavy (non-hydrogen) atoms. The standard InChI is InChI=1S/C12H26N4O/c1-11(2,3)16-7-5-15(6-8-16)9-12(4,14)10(13)17/h5-9,14H2,1-4H3,(H2,13,17). The SMILES string of the molecule is CC(N)(CN1CCN(C(C)(C)C)CC1)C(N)=O. The molecular weight excluding hydrogens is 216 g/mol. The monoisotopic (exact) mass is 242 g/mol. The van der Waals surface area contributed by atoms with E-state index in [9.17, 15) is 4.79 Å².